The molecule has 7 nitrogen and oxygen atoms in total. The number of aryl methyl sites for hydroxylation is 1. The van der Waals surface area contributed by atoms with Crippen molar-refractivity contribution in [2.45, 2.75) is 25.4 Å². The van der Waals surface area contributed by atoms with Crippen LogP contribution in [0.3, 0.4) is 0 Å². The number of likely N-dealkylation sites (N-methyl/N-ethyl adjacent to an activating group) is 1. The van der Waals surface area contributed by atoms with Gasteiger partial charge in [-0.15, -0.1) is 0 Å². The van der Waals surface area contributed by atoms with E-state index in [0.717, 1.165) is 24.5 Å². The Morgan fingerprint density at radius 3 is 2.84 bits per heavy atom. The maximum Gasteiger partial charge on any atom is 0.273 e. The molecule has 3 rings (SSSR count). The number of carbonyl (C=O) groups excluding carboxylic acids is 1. The zero-order valence-electron chi connectivity index (χ0n) is 14.6. The lowest BCUT2D eigenvalue weighted by Crippen LogP contribution is -2.55. The minimum absolute atomic E-state index is 0.240. The summed E-state index contributed by atoms with van der Waals surface area (Å²) in [6.07, 6.45) is 6.28. The molecular weight excluding hydrogens is 318 g/mol. The molecule has 1 N–H and O–H groups in total. The van der Waals surface area contributed by atoms with E-state index >= 15 is 0 Å². The highest BCUT2D eigenvalue weighted by Gasteiger charge is 2.36. The molecule has 0 spiro atoms. The predicted octanol–water partition coefficient (Wildman–Crippen LogP) is 1.28. The van der Waals surface area contributed by atoms with E-state index in [4.69, 9.17) is 0 Å². The molecular formula is C18H23N5O2. The predicted molar refractivity (Wildman–Crippen MR) is 94.4 cm³/mol. The second-order valence-corrected chi connectivity index (χ2v) is 6.64. The fourth-order valence-electron chi connectivity index (χ4n) is 3.19. The molecule has 0 radical (unpaired) electrons. The molecule has 2 aromatic rings. The molecule has 1 fully saturated rings. The van der Waals surface area contributed by atoms with Crippen molar-refractivity contribution in [3.63, 3.8) is 0 Å². The number of hydrogen-bond donors (Lipinski definition) is 1. The Balaban J connectivity index is 1.68. The number of rotatable bonds is 4. The van der Waals surface area contributed by atoms with Crippen LogP contribution in [0.15, 0.2) is 36.8 Å². The van der Waals surface area contributed by atoms with Crippen LogP contribution in [-0.4, -0.2) is 63.1 Å². The van der Waals surface area contributed by atoms with Crippen LogP contribution < -0.4 is 4.90 Å². The van der Waals surface area contributed by atoms with Crippen molar-refractivity contribution in [3.8, 4) is 0 Å². The molecule has 0 bridgehead atoms. The molecule has 2 aromatic heterocycles. The Hall–Kier alpha value is -2.54. The number of nitrogens with zero attached hydrogens (tertiary/aromatic N) is 5. The van der Waals surface area contributed by atoms with Crippen LogP contribution in [0, 0.1) is 6.92 Å². The van der Waals surface area contributed by atoms with Gasteiger partial charge in [-0.25, -0.2) is 9.97 Å². The lowest BCUT2D eigenvalue weighted by Gasteiger charge is -2.41. The van der Waals surface area contributed by atoms with E-state index in [1.54, 1.807) is 19.4 Å². The van der Waals surface area contributed by atoms with E-state index in [2.05, 4.69) is 19.9 Å². The Kier molecular flexibility index (Phi) is 4.94. The van der Waals surface area contributed by atoms with Gasteiger partial charge in [0.25, 0.3) is 5.91 Å². The van der Waals surface area contributed by atoms with Crippen molar-refractivity contribution in [1.29, 1.82) is 0 Å². The van der Waals surface area contributed by atoms with Crippen molar-refractivity contribution in [3.05, 3.63) is 48.2 Å². The summed E-state index contributed by atoms with van der Waals surface area (Å²) < 4.78 is 0. The monoisotopic (exact) mass is 341 g/mol. The average molecular weight is 341 g/mol. The lowest BCUT2D eigenvalue weighted by molar-refractivity contribution is -0.000291. The van der Waals surface area contributed by atoms with E-state index in [9.17, 15) is 9.90 Å². The van der Waals surface area contributed by atoms with E-state index < -0.39 is 5.60 Å². The highest BCUT2D eigenvalue weighted by Crippen LogP contribution is 2.25. The van der Waals surface area contributed by atoms with E-state index in [1.807, 2.05) is 25.1 Å². The minimum Gasteiger partial charge on any atom is -0.386 e. The maximum absolute atomic E-state index is 12.5. The Morgan fingerprint density at radius 1 is 1.32 bits per heavy atom. The average Bonchev–Trinajstić information content (AvgIpc) is 2.62. The van der Waals surface area contributed by atoms with Gasteiger partial charge in [0, 0.05) is 32.5 Å². The van der Waals surface area contributed by atoms with E-state index in [0.29, 0.717) is 13.0 Å². The van der Waals surface area contributed by atoms with Gasteiger partial charge in [0.2, 0.25) is 0 Å². The Morgan fingerprint density at radius 2 is 2.16 bits per heavy atom. The molecule has 1 atom stereocenters. The molecule has 1 aliphatic rings. The number of anilines is 1. The van der Waals surface area contributed by atoms with Gasteiger partial charge in [-0.1, -0.05) is 6.07 Å². The highest BCUT2D eigenvalue weighted by atomic mass is 16.3. The summed E-state index contributed by atoms with van der Waals surface area (Å²) in [6, 6.07) is 5.74. The van der Waals surface area contributed by atoms with Gasteiger partial charge in [-0.2, -0.15) is 0 Å². The van der Waals surface area contributed by atoms with Crippen molar-refractivity contribution >= 4 is 11.7 Å². The molecule has 0 aliphatic carbocycles. The summed E-state index contributed by atoms with van der Waals surface area (Å²) in [4.78, 5) is 28.7. The number of pyridine rings is 1. The highest BCUT2D eigenvalue weighted by molar-refractivity contribution is 5.91. The number of amides is 1. The summed E-state index contributed by atoms with van der Waals surface area (Å²) in [5.41, 5.74) is 0.0726. The van der Waals surface area contributed by atoms with Gasteiger partial charge >= 0.3 is 0 Å². The zero-order valence-corrected chi connectivity index (χ0v) is 14.6. The molecule has 132 valence electrons. The first-order chi connectivity index (χ1) is 12.0. The van der Waals surface area contributed by atoms with Crippen LogP contribution in [0.1, 0.15) is 29.0 Å². The van der Waals surface area contributed by atoms with Crippen molar-refractivity contribution < 1.29 is 9.90 Å². The molecule has 3 heterocycles. The Bertz CT molecular complexity index is 722. The third kappa shape index (κ3) is 4.11. The Labute approximate surface area is 147 Å². The lowest BCUT2D eigenvalue weighted by atomic mass is 9.92. The number of piperidine rings is 1. The van der Waals surface area contributed by atoms with Crippen LogP contribution in [-0.2, 0) is 0 Å². The maximum atomic E-state index is 12.5. The number of β-amino-alcohol motifs (C(OH)–C–C–N with tert-alkyl or cyclic N) is 1. The van der Waals surface area contributed by atoms with Gasteiger partial charge in [-0.3, -0.25) is 9.78 Å². The molecule has 7 heteroatoms. The number of aromatic nitrogens is 3. The summed E-state index contributed by atoms with van der Waals surface area (Å²) in [5, 5.41) is 11.0. The van der Waals surface area contributed by atoms with Gasteiger partial charge in [0.1, 0.15) is 11.5 Å². The first kappa shape index (κ1) is 17.3. The third-order valence-electron chi connectivity index (χ3n) is 4.41. The summed E-state index contributed by atoms with van der Waals surface area (Å²) in [7, 11) is 1.68. The normalized spacial score (nSPS) is 20.4. The first-order valence-electron chi connectivity index (χ1n) is 8.39. The molecule has 0 unspecified atom stereocenters. The smallest absolute Gasteiger partial charge is 0.273 e. The summed E-state index contributed by atoms with van der Waals surface area (Å²) in [6.45, 7) is 3.36. The summed E-state index contributed by atoms with van der Waals surface area (Å²) >= 11 is 0. The third-order valence-corrected chi connectivity index (χ3v) is 4.41. The molecule has 25 heavy (non-hydrogen) atoms. The minimum atomic E-state index is -0.974. The van der Waals surface area contributed by atoms with Crippen LogP contribution in [0.2, 0.25) is 0 Å². The van der Waals surface area contributed by atoms with Gasteiger partial charge in [-0.05, 0) is 31.9 Å². The quantitative estimate of drug-likeness (QED) is 0.902. The number of hydrogen-bond acceptors (Lipinski definition) is 6. The van der Waals surface area contributed by atoms with Crippen molar-refractivity contribution in [2.75, 3.05) is 31.6 Å². The van der Waals surface area contributed by atoms with Crippen molar-refractivity contribution in [1.82, 2.24) is 19.9 Å². The fourth-order valence-corrected chi connectivity index (χ4v) is 3.19. The largest absolute Gasteiger partial charge is 0.386 e. The molecule has 1 aliphatic heterocycles. The van der Waals surface area contributed by atoms with E-state index in [-0.39, 0.29) is 18.1 Å². The van der Waals surface area contributed by atoms with E-state index in [1.165, 1.54) is 11.1 Å². The van der Waals surface area contributed by atoms with Crippen LogP contribution >= 0.6 is 0 Å². The number of carbonyl (C=O) groups is 1. The second kappa shape index (κ2) is 7.14. The van der Waals surface area contributed by atoms with Crippen LogP contribution in [0.5, 0.6) is 0 Å². The second-order valence-electron chi connectivity index (χ2n) is 6.64. The van der Waals surface area contributed by atoms with Crippen LogP contribution in [0.25, 0.3) is 0 Å². The first-order valence-corrected chi connectivity index (χ1v) is 8.39. The molecule has 0 aromatic carbocycles. The van der Waals surface area contributed by atoms with Crippen LogP contribution in [0.4, 0.5) is 5.82 Å². The zero-order chi connectivity index (χ0) is 17.9. The standard InChI is InChI=1S/C18H23N5O2/c1-14-10-21-15(11-20-14)17(24)22(2)12-18(25)7-5-9-23(13-18)16-6-3-4-8-19-16/h3-4,6,8,10-11,25H,5,7,9,12-13H2,1-2H3/t18-/m1/s1. The topological polar surface area (TPSA) is 82.5 Å². The molecule has 1 amide bonds. The van der Waals surface area contributed by atoms with Crippen molar-refractivity contribution in [2.24, 2.45) is 0 Å². The fraction of sp³-hybridized carbons (Fsp3) is 0.444. The molecule has 1 saturated heterocycles. The molecule has 0 saturated carbocycles. The summed E-state index contributed by atoms with van der Waals surface area (Å²) in [5.74, 6) is 0.606. The number of aliphatic hydroxyl groups is 1. The van der Waals surface area contributed by atoms with Gasteiger partial charge in [0.15, 0.2) is 0 Å². The van der Waals surface area contributed by atoms with Gasteiger partial charge < -0.3 is 14.9 Å². The van der Waals surface area contributed by atoms with Gasteiger partial charge in [0.05, 0.1) is 24.0 Å². The SMILES string of the molecule is Cc1cnc(C(=O)N(C)C[C@]2(O)CCCN(c3ccccn3)C2)cn1.